The molecule has 2 aromatic carbocycles. The quantitative estimate of drug-likeness (QED) is 0.798. The second-order valence-corrected chi connectivity index (χ2v) is 5.89. The minimum atomic E-state index is 0.153. The van der Waals surface area contributed by atoms with Crippen LogP contribution in [0.2, 0.25) is 0 Å². The molecule has 0 bridgehead atoms. The summed E-state index contributed by atoms with van der Waals surface area (Å²) >= 11 is 1.76. The maximum absolute atomic E-state index is 5.55. The standard InChI is InChI=1S/C18H23NOS/c1-5-19-18(14-7-9-15(21-4)10-8-14)16-12-13(2)6-11-17(16)20-3/h6-12,18-19H,5H2,1-4H3. The van der Waals surface area contributed by atoms with Gasteiger partial charge in [-0.05, 0) is 43.5 Å². The number of ether oxygens (including phenoxy) is 1. The van der Waals surface area contributed by atoms with E-state index in [0.29, 0.717) is 0 Å². The van der Waals surface area contributed by atoms with Crippen molar-refractivity contribution >= 4 is 11.8 Å². The number of hydrogen-bond acceptors (Lipinski definition) is 3. The third kappa shape index (κ3) is 3.80. The van der Waals surface area contributed by atoms with Crippen molar-refractivity contribution in [3.05, 3.63) is 59.2 Å². The summed E-state index contributed by atoms with van der Waals surface area (Å²) in [4.78, 5) is 1.28. The zero-order chi connectivity index (χ0) is 15.2. The lowest BCUT2D eigenvalue weighted by molar-refractivity contribution is 0.404. The highest BCUT2D eigenvalue weighted by Crippen LogP contribution is 2.31. The smallest absolute Gasteiger partial charge is 0.123 e. The van der Waals surface area contributed by atoms with Crippen molar-refractivity contribution < 1.29 is 4.74 Å². The Morgan fingerprint density at radius 1 is 1.14 bits per heavy atom. The Morgan fingerprint density at radius 3 is 2.43 bits per heavy atom. The van der Waals surface area contributed by atoms with E-state index in [9.17, 15) is 0 Å². The molecule has 21 heavy (non-hydrogen) atoms. The lowest BCUT2D eigenvalue weighted by Crippen LogP contribution is -2.22. The van der Waals surface area contributed by atoms with Crippen molar-refractivity contribution in [3.8, 4) is 5.75 Å². The van der Waals surface area contributed by atoms with Gasteiger partial charge in [0.25, 0.3) is 0 Å². The van der Waals surface area contributed by atoms with Crippen LogP contribution >= 0.6 is 11.8 Å². The Bertz CT molecular complexity index is 580. The highest BCUT2D eigenvalue weighted by molar-refractivity contribution is 7.98. The Labute approximate surface area is 131 Å². The van der Waals surface area contributed by atoms with Gasteiger partial charge in [-0.15, -0.1) is 11.8 Å². The van der Waals surface area contributed by atoms with Gasteiger partial charge in [0.05, 0.1) is 13.2 Å². The first-order valence-electron chi connectivity index (χ1n) is 7.21. The predicted molar refractivity (Wildman–Crippen MR) is 91.5 cm³/mol. The molecule has 0 spiro atoms. The molecule has 0 heterocycles. The fraction of sp³-hybridized carbons (Fsp3) is 0.333. The van der Waals surface area contributed by atoms with Crippen LogP contribution in [0.4, 0.5) is 0 Å². The third-order valence-corrected chi connectivity index (χ3v) is 4.30. The van der Waals surface area contributed by atoms with Crippen LogP contribution in [0.3, 0.4) is 0 Å². The van der Waals surface area contributed by atoms with Crippen LogP contribution < -0.4 is 10.1 Å². The zero-order valence-corrected chi connectivity index (χ0v) is 14.0. The first-order valence-corrected chi connectivity index (χ1v) is 8.44. The number of hydrogen-bond donors (Lipinski definition) is 1. The Kier molecular flexibility index (Phi) is 5.71. The molecular formula is C18H23NOS. The van der Waals surface area contributed by atoms with Gasteiger partial charge in [-0.1, -0.05) is 36.8 Å². The maximum Gasteiger partial charge on any atom is 0.123 e. The molecule has 0 amide bonds. The second-order valence-electron chi connectivity index (χ2n) is 5.01. The third-order valence-electron chi connectivity index (χ3n) is 3.55. The lowest BCUT2D eigenvalue weighted by Gasteiger charge is -2.22. The summed E-state index contributed by atoms with van der Waals surface area (Å²) in [5.74, 6) is 0.931. The van der Waals surface area contributed by atoms with Gasteiger partial charge in [0.1, 0.15) is 5.75 Å². The number of aryl methyl sites for hydroxylation is 1. The van der Waals surface area contributed by atoms with E-state index in [0.717, 1.165) is 12.3 Å². The van der Waals surface area contributed by atoms with Crippen molar-refractivity contribution in [2.45, 2.75) is 24.8 Å². The van der Waals surface area contributed by atoms with Gasteiger partial charge in [0.2, 0.25) is 0 Å². The van der Waals surface area contributed by atoms with Crippen LogP contribution in [0.25, 0.3) is 0 Å². The summed E-state index contributed by atoms with van der Waals surface area (Å²) in [5.41, 5.74) is 3.70. The topological polar surface area (TPSA) is 21.3 Å². The minimum Gasteiger partial charge on any atom is -0.496 e. The van der Waals surface area contributed by atoms with E-state index in [-0.39, 0.29) is 6.04 Å². The second kappa shape index (κ2) is 7.53. The van der Waals surface area contributed by atoms with Crippen molar-refractivity contribution in [1.82, 2.24) is 5.32 Å². The van der Waals surface area contributed by atoms with E-state index in [1.54, 1.807) is 18.9 Å². The molecule has 0 aliphatic heterocycles. The van der Waals surface area contributed by atoms with Gasteiger partial charge in [0, 0.05) is 10.5 Å². The molecular weight excluding hydrogens is 278 g/mol. The molecule has 2 nitrogen and oxygen atoms in total. The van der Waals surface area contributed by atoms with E-state index in [2.05, 4.69) is 61.8 Å². The van der Waals surface area contributed by atoms with Gasteiger partial charge in [-0.25, -0.2) is 0 Å². The van der Waals surface area contributed by atoms with Crippen LogP contribution in [0.15, 0.2) is 47.4 Å². The van der Waals surface area contributed by atoms with Gasteiger partial charge >= 0.3 is 0 Å². The van der Waals surface area contributed by atoms with Crippen molar-refractivity contribution in [2.75, 3.05) is 19.9 Å². The number of benzene rings is 2. The molecule has 1 N–H and O–H groups in total. The Hall–Kier alpha value is -1.45. The van der Waals surface area contributed by atoms with Crippen LogP contribution in [-0.4, -0.2) is 19.9 Å². The average molecular weight is 301 g/mol. The largest absolute Gasteiger partial charge is 0.496 e. The lowest BCUT2D eigenvalue weighted by atomic mass is 9.96. The maximum atomic E-state index is 5.55. The molecule has 0 saturated heterocycles. The summed E-state index contributed by atoms with van der Waals surface area (Å²) in [6.07, 6.45) is 2.10. The molecule has 0 aromatic heterocycles. The van der Waals surface area contributed by atoms with Crippen LogP contribution in [0.5, 0.6) is 5.75 Å². The average Bonchev–Trinajstić information content (AvgIpc) is 2.53. The minimum absolute atomic E-state index is 0.153. The first-order chi connectivity index (χ1) is 10.2. The van der Waals surface area contributed by atoms with E-state index in [1.165, 1.54) is 21.6 Å². The van der Waals surface area contributed by atoms with Crippen LogP contribution in [-0.2, 0) is 0 Å². The number of methoxy groups -OCH3 is 1. The number of nitrogens with one attached hydrogen (secondary N) is 1. The number of rotatable bonds is 6. The van der Waals surface area contributed by atoms with Crippen LogP contribution in [0.1, 0.15) is 29.7 Å². The summed E-state index contributed by atoms with van der Waals surface area (Å²) in [7, 11) is 1.73. The Balaban J connectivity index is 2.44. The van der Waals surface area contributed by atoms with E-state index in [1.807, 2.05) is 6.07 Å². The van der Waals surface area contributed by atoms with E-state index >= 15 is 0 Å². The first kappa shape index (κ1) is 15.9. The molecule has 2 aromatic rings. The van der Waals surface area contributed by atoms with Gasteiger partial charge in [-0.3, -0.25) is 0 Å². The summed E-state index contributed by atoms with van der Waals surface area (Å²) in [5, 5.41) is 3.57. The molecule has 0 saturated carbocycles. The molecule has 1 unspecified atom stereocenters. The highest BCUT2D eigenvalue weighted by atomic mass is 32.2. The van der Waals surface area contributed by atoms with E-state index in [4.69, 9.17) is 4.74 Å². The van der Waals surface area contributed by atoms with Gasteiger partial charge < -0.3 is 10.1 Å². The summed E-state index contributed by atoms with van der Waals surface area (Å²) < 4.78 is 5.55. The van der Waals surface area contributed by atoms with E-state index < -0.39 is 0 Å². The molecule has 0 radical (unpaired) electrons. The zero-order valence-electron chi connectivity index (χ0n) is 13.1. The summed E-state index contributed by atoms with van der Waals surface area (Å²) in [6, 6.07) is 15.2. The molecule has 112 valence electrons. The van der Waals surface area contributed by atoms with Crippen LogP contribution in [0, 0.1) is 6.92 Å². The number of thioether (sulfide) groups is 1. The molecule has 0 aliphatic rings. The highest BCUT2D eigenvalue weighted by Gasteiger charge is 2.17. The monoisotopic (exact) mass is 301 g/mol. The molecule has 0 aliphatic carbocycles. The molecule has 0 fully saturated rings. The predicted octanol–water partition coefficient (Wildman–Crippen LogP) is 4.42. The Morgan fingerprint density at radius 2 is 1.86 bits per heavy atom. The fourth-order valence-electron chi connectivity index (χ4n) is 2.49. The molecule has 2 rings (SSSR count). The van der Waals surface area contributed by atoms with Gasteiger partial charge in [-0.2, -0.15) is 0 Å². The SMILES string of the molecule is CCNC(c1ccc(SC)cc1)c1cc(C)ccc1OC. The normalized spacial score (nSPS) is 12.2. The van der Waals surface area contributed by atoms with Crippen molar-refractivity contribution in [3.63, 3.8) is 0 Å². The van der Waals surface area contributed by atoms with Crippen molar-refractivity contribution in [1.29, 1.82) is 0 Å². The van der Waals surface area contributed by atoms with Crippen molar-refractivity contribution in [2.24, 2.45) is 0 Å². The summed E-state index contributed by atoms with van der Waals surface area (Å²) in [6.45, 7) is 5.15. The van der Waals surface area contributed by atoms with Gasteiger partial charge in [0.15, 0.2) is 0 Å². The molecule has 1 atom stereocenters. The fourth-order valence-corrected chi connectivity index (χ4v) is 2.90. The molecule has 3 heteroatoms.